The van der Waals surface area contributed by atoms with Crippen LogP contribution in [0.2, 0.25) is 0 Å². The van der Waals surface area contributed by atoms with E-state index in [1.54, 1.807) is 0 Å². The lowest BCUT2D eigenvalue weighted by Gasteiger charge is -2.18. The average molecular weight is 941 g/mol. The highest BCUT2D eigenvalue weighted by Crippen LogP contribution is 2.14. The van der Waals surface area contributed by atoms with Crippen LogP contribution in [0.3, 0.4) is 0 Å². The third kappa shape index (κ3) is 52.8. The van der Waals surface area contributed by atoms with Gasteiger partial charge in [-0.15, -0.1) is 0 Å². The predicted molar refractivity (Wildman–Crippen MR) is 293 cm³/mol. The van der Waals surface area contributed by atoms with Gasteiger partial charge in [0.15, 0.2) is 6.10 Å². The first-order valence-corrected chi connectivity index (χ1v) is 27.5. The summed E-state index contributed by atoms with van der Waals surface area (Å²) >= 11 is 0. The van der Waals surface area contributed by atoms with Crippen molar-refractivity contribution in [2.24, 2.45) is 0 Å². The largest absolute Gasteiger partial charge is 0.462 e. The second-order valence-corrected chi connectivity index (χ2v) is 17.8. The number of hydrogen-bond donors (Lipinski definition) is 0. The molecule has 0 aliphatic heterocycles. The maximum atomic E-state index is 12.8. The van der Waals surface area contributed by atoms with Crippen LogP contribution in [-0.4, -0.2) is 37.2 Å². The first-order valence-electron chi connectivity index (χ1n) is 27.5. The number of ether oxygens (including phenoxy) is 3. The Morgan fingerprint density at radius 2 is 0.603 bits per heavy atom. The average Bonchev–Trinajstić information content (AvgIpc) is 3.34. The van der Waals surface area contributed by atoms with E-state index in [1.165, 1.54) is 83.5 Å². The molecule has 68 heavy (non-hydrogen) atoms. The topological polar surface area (TPSA) is 78.9 Å². The Morgan fingerprint density at radius 1 is 0.309 bits per heavy atom. The molecular formula is C62H100O6. The minimum Gasteiger partial charge on any atom is -0.462 e. The van der Waals surface area contributed by atoms with Crippen LogP contribution in [0.1, 0.15) is 233 Å². The summed E-state index contributed by atoms with van der Waals surface area (Å²) in [7, 11) is 0. The van der Waals surface area contributed by atoms with Gasteiger partial charge in [0, 0.05) is 19.3 Å². The molecule has 0 N–H and O–H groups in total. The molecule has 0 heterocycles. The molecule has 0 aromatic rings. The Balaban J connectivity index is 4.56. The van der Waals surface area contributed by atoms with Gasteiger partial charge in [-0.3, -0.25) is 14.4 Å². The molecule has 0 amide bonds. The Morgan fingerprint density at radius 3 is 0.985 bits per heavy atom. The zero-order valence-corrected chi connectivity index (χ0v) is 43.8. The molecule has 0 spiro atoms. The summed E-state index contributed by atoms with van der Waals surface area (Å²) in [6, 6.07) is 0. The molecule has 0 rings (SSSR count). The number of hydrogen-bond acceptors (Lipinski definition) is 6. The van der Waals surface area contributed by atoms with Crippen molar-refractivity contribution in [3.05, 3.63) is 122 Å². The number of unbranched alkanes of at least 4 members (excludes halogenated alkanes) is 17. The lowest BCUT2D eigenvalue weighted by molar-refractivity contribution is -0.166. The van der Waals surface area contributed by atoms with Crippen LogP contribution in [0.4, 0.5) is 0 Å². The molecule has 0 aromatic heterocycles. The van der Waals surface area contributed by atoms with Gasteiger partial charge < -0.3 is 14.2 Å². The van der Waals surface area contributed by atoms with E-state index in [9.17, 15) is 14.4 Å². The molecule has 0 unspecified atom stereocenters. The fraction of sp³-hybridized carbons (Fsp3) is 0.629. The Hall–Kier alpha value is -4.19. The van der Waals surface area contributed by atoms with Crippen LogP contribution in [0, 0.1) is 0 Å². The SMILES string of the molecule is CC/C=C\C/C=C\C/C=C\C/C=C\C/C=C\C/C=C\CCC(=O)O[C@H](COC(=O)CCCCC/C=C\C/C=C\C/C=C\C/C=C\CCCCC)COC(=O)CCCCCCCCCCCCCC. The van der Waals surface area contributed by atoms with Crippen molar-refractivity contribution in [2.75, 3.05) is 13.2 Å². The molecule has 0 aromatic carbocycles. The van der Waals surface area contributed by atoms with Crippen LogP contribution in [0.5, 0.6) is 0 Å². The highest BCUT2D eigenvalue weighted by molar-refractivity contribution is 5.71. The smallest absolute Gasteiger partial charge is 0.306 e. The third-order valence-electron chi connectivity index (χ3n) is 11.2. The second-order valence-electron chi connectivity index (χ2n) is 17.8. The minimum absolute atomic E-state index is 0.120. The van der Waals surface area contributed by atoms with Gasteiger partial charge in [0.2, 0.25) is 0 Å². The molecule has 6 nitrogen and oxygen atoms in total. The summed E-state index contributed by atoms with van der Waals surface area (Å²) < 4.78 is 16.7. The highest BCUT2D eigenvalue weighted by atomic mass is 16.6. The molecule has 0 bridgehead atoms. The lowest BCUT2D eigenvalue weighted by atomic mass is 10.0. The second kappa shape index (κ2) is 55.4. The van der Waals surface area contributed by atoms with E-state index < -0.39 is 12.1 Å². The van der Waals surface area contributed by atoms with E-state index >= 15 is 0 Å². The molecule has 0 aliphatic carbocycles. The Kier molecular flexibility index (Phi) is 52.0. The van der Waals surface area contributed by atoms with Crippen LogP contribution in [-0.2, 0) is 28.6 Å². The molecule has 0 aliphatic rings. The minimum atomic E-state index is -0.833. The first-order chi connectivity index (χ1) is 33.5. The maximum Gasteiger partial charge on any atom is 0.306 e. The van der Waals surface area contributed by atoms with Crippen LogP contribution in [0.15, 0.2) is 122 Å². The summed E-state index contributed by atoms with van der Waals surface area (Å²) in [4.78, 5) is 38.0. The van der Waals surface area contributed by atoms with E-state index in [1.807, 2.05) is 12.2 Å². The molecule has 0 saturated heterocycles. The van der Waals surface area contributed by atoms with Crippen molar-refractivity contribution in [3.63, 3.8) is 0 Å². The summed E-state index contributed by atoms with van der Waals surface area (Å²) in [5.74, 6) is -1.04. The lowest BCUT2D eigenvalue weighted by Crippen LogP contribution is -2.30. The van der Waals surface area contributed by atoms with Gasteiger partial charge in [-0.2, -0.15) is 0 Å². The summed E-state index contributed by atoms with van der Waals surface area (Å²) in [5.41, 5.74) is 0. The van der Waals surface area contributed by atoms with Crippen LogP contribution in [0.25, 0.3) is 0 Å². The molecule has 0 saturated carbocycles. The number of rotatable bonds is 48. The highest BCUT2D eigenvalue weighted by Gasteiger charge is 2.19. The van der Waals surface area contributed by atoms with Gasteiger partial charge in [0.05, 0.1) is 0 Å². The molecule has 0 radical (unpaired) electrons. The van der Waals surface area contributed by atoms with Crippen LogP contribution >= 0.6 is 0 Å². The van der Waals surface area contributed by atoms with Crippen molar-refractivity contribution in [2.45, 2.75) is 239 Å². The van der Waals surface area contributed by atoms with Crippen molar-refractivity contribution in [1.82, 2.24) is 0 Å². The van der Waals surface area contributed by atoms with Crippen molar-refractivity contribution in [3.8, 4) is 0 Å². The zero-order chi connectivity index (χ0) is 49.3. The predicted octanol–water partition coefficient (Wildman–Crippen LogP) is 18.5. The van der Waals surface area contributed by atoms with Gasteiger partial charge in [-0.25, -0.2) is 0 Å². The van der Waals surface area contributed by atoms with E-state index in [-0.39, 0.29) is 31.6 Å². The fourth-order valence-corrected chi connectivity index (χ4v) is 7.10. The first kappa shape index (κ1) is 63.8. The molecule has 1 atom stereocenters. The summed E-state index contributed by atoms with van der Waals surface area (Å²) in [6.45, 7) is 6.39. The zero-order valence-electron chi connectivity index (χ0n) is 43.8. The van der Waals surface area contributed by atoms with Gasteiger partial charge in [0.1, 0.15) is 13.2 Å². The van der Waals surface area contributed by atoms with Gasteiger partial charge in [-0.1, -0.05) is 232 Å². The quantitative estimate of drug-likeness (QED) is 0.0262. The molecular weight excluding hydrogens is 841 g/mol. The van der Waals surface area contributed by atoms with Crippen molar-refractivity contribution >= 4 is 17.9 Å². The number of carbonyl (C=O) groups excluding carboxylic acids is 3. The monoisotopic (exact) mass is 941 g/mol. The molecule has 0 fully saturated rings. The summed E-state index contributed by atoms with van der Waals surface area (Å²) in [6.07, 6.45) is 76.2. The standard InChI is InChI=1S/C62H100O6/c1-4-7-10-13-16-19-22-25-27-29-31-33-35-37-40-43-46-49-52-55-61(64)67-58-59(57-66-60(63)54-51-48-45-42-39-24-21-18-15-12-9-6-3)68-62(65)56-53-50-47-44-41-38-36-34-32-30-28-26-23-20-17-14-11-8-5-2/h8,11,16-17,19-20,25-28,31-34,37-38,40-41,47,50,59H,4-7,9-10,12-15,18,21-24,29-30,35-36,39,42-46,48-49,51-58H2,1-3H3/b11-8-,19-16-,20-17-,27-25-,28-26-,33-31-,34-32-,40-37-,41-38-,50-47-/t59-/m0/s1. The normalized spacial score (nSPS) is 13.0. The van der Waals surface area contributed by atoms with E-state index in [0.29, 0.717) is 19.3 Å². The summed E-state index contributed by atoms with van der Waals surface area (Å²) in [5, 5.41) is 0. The number of esters is 3. The van der Waals surface area contributed by atoms with E-state index in [0.717, 1.165) is 103 Å². The fourth-order valence-electron chi connectivity index (χ4n) is 7.10. The third-order valence-corrected chi connectivity index (χ3v) is 11.2. The number of carbonyl (C=O) groups is 3. The Labute approximate surface area is 418 Å². The van der Waals surface area contributed by atoms with Crippen molar-refractivity contribution < 1.29 is 28.6 Å². The number of allylic oxidation sites excluding steroid dienone is 20. The van der Waals surface area contributed by atoms with E-state index in [4.69, 9.17) is 14.2 Å². The maximum absolute atomic E-state index is 12.8. The van der Waals surface area contributed by atoms with E-state index in [2.05, 4.69) is 130 Å². The van der Waals surface area contributed by atoms with Crippen molar-refractivity contribution in [1.29, 1.82) is 0 Å². The molecule has 6 heteroatoms. The van der Waals surface area contributed by atoms with Gasteiger partial charge in [-0.05, 0) is 103 Å². The van der Waals surface area contributed by atoms with Crippen LogP contribution < -0.4 is 0 Å². The molecule has 384 valence electrons. The van der Waals surface area contributed by atoms with Gasteiger partial charge in [0.25, 0.3) is 0 Å². The Bertz CT molecular complexity index is 1450. The van der Waals surface area contributed by atoms with Gasteiger partial charge >= 0.3 is 17.9 Å².